The summed E-state index contributed by atoms with van der Waals surface area (Å²) in [6, 6.07) is 0. The van der Waals surface area contributed by atoms with Crippen LogP contribution in [0.25, 0.3) is 0 Å². The highest BCUT2D eigenvalue weighted by atomic mass is 127. The van der Waals surface area contributed by atoms with Gasteiger partial charge in [0.2, 0.25) is 0 Å². The molecule has 0 amide bonds. The first-order valence-electron chi connectivity index (χ1n) is 3.69. The summed E-state index contributed by atoms with van der Waals surface area (Å²) in [4.78, 5) is 0. The molecule has 0 heterocycles. The molecule has 1 unspecified atom stereocenters. The first-order valence-corrected chi connectivity index (χ1v) is 8.63. The fourth-order valence-electron chi connectivity index (χ4n) is 0.816. The molecule has 0 aliphatic carbocycles. The van der Waals surface area contributed by atoms with Gasteiger partial charge in [0.1, 0.15) is 0 Å². The number of hydrogen-bond acceptors (Lipinski definition) is 1. The molecule has 0 aliphatic heterocycles. The van der Waals surface area contributed by atoms with Gasteiger partial charge in [0.15, 0.2) is 8.32 Å². The van der Waals surface area contributed by atoms with Crippen LogP contribution in [0.3, 0.4) is 0 Å². The number of hydrogen-bond donors (Lipinski definition) is 0. The van der Waals surface area contributed by atoms with Crippen LogP contribution in [0.5, 0.6) is 0 Å². The third kappa shape index (κ3) is 7.02. The van der Waals surface area contributed by atoms with Gasteiger partial charge in [-0.2, -0.15) is 0 Å². The lowest BCUT2D eigenvalue weighted by molar-refractivity contribution is 0.212. The molecule has 0 saturated carbocycles. The van der Waals surface area contributed by atoms with Crippen molar-refractivity contribution in [3.05, 3.63) is 0 Å². The Balaban J connectivity index is 3.47. The average Bonchev–Trinajstić information content (AvgIpc) is 1.59. The molecule has 0 radical (unpaired) electrons. The van der Waals surface area contributed by atoms with E-state index in [1.165, 1.54) is 10.8 Å². The minimum absolute atomic E-state index is 0.462. The van der Waals surface area contributed by atoms with E-state index in [1.807, 2.05) is 0 Å². The average molecular weight is 272 g/mol. The van der Waals surface area contributed by atoms with Crippen LogP contribution in [-0.4, -0.2) is 18.8 Å². The lowest BCUT2D eigenvalue weighted by Crippen LogP contribution is -2.30. The first kappa shape index (κ1) is 10.9. The van der Waals surface area contributed by atoms with Crippen LogP contribution in [0, 0.1) is 0 Å². The van der Waals surface area contributed by atoms with Crippen LogP contribution in [0.1, 0.15) is 13.3 Å². The lowest BCUT2D eigenvalue weighted by atomic mass is 10.3. The predicted molar refractivity (Wildman–Crippen MR) is 57.4 cm³/mol. The van der Waals surface area contributed by atoms with Crippen LogP contribution in [0.2, 0.25) is 19.6 Å². The Hall–Kier alpha value is 0.907. The van der Waals surface area contributed by atoms with Gasteiger partial charge < -0.3 is 4.43 Å². The van der Waals surface area contributed by atoms with E-state index >= 15 is 0 Å². The van der Waals surface area contributed by atoms with E-state index in [1.54, 1.807) is 0 Å². The van der Waals surface area contributed by atoms with Crippen molar-refractivity contribution in [2.24, 2.45) is 0 Å². The molecule has 0 spiro atoms. The molecule has 3 heteroatoms. The summed E-state index contributed by atoms with van der Waals surface area (Å²) in [5.74, 6) is 0. The Morgan fingerprint density at radius 3 is 2.20 bits per heavy atom. The molecular formula is C7H17IOSi. The smallest absolute Gasteiger partial charge is 0.184 e. The fourth-order valence-corrected chi connectivity index (χ4v) is 3.02. The lowest BCUT2D eigenvalue weighted by Gasteiger charge is -2.22. The Morgan fingerprint density at radius 1 is 1.40 bits per heavy atom. The Morgan fingerprint density at radius 2 is 1.90 bits per heavy atom. The van der Waals surface area contributed by atoms with Gasteiger partial charge in [0.25, 0.3) is 0 Å². The standard InChI is InChI=1S/C7H17IOSi/c1-7(5-6-8)9-10(2,3)4/h7H,5-6H2,1-4H3. The van der Waals surface area contributed by atoms with Crippen molar-refractivity contribution in [2.45, 2.75) is 39.1 Å². The molecule has 0 N–H and O–H groups in total. The highest BCUT2D eigenvalue weighted by Crippen LogP contribution is 2.10. The largest absolute Gasteiger partial charge is 0.415 e. The maximum Gasteiger partial charge on any atom is 0.184 e. The van der Waals surface area contributed by atoms with Gasteiger partial charge in [-0.3, -0.25) is 0 Å². The van der Waals surface area contributed by atoms with Gasteiger partial charge >= 0.3 is 0 Å². The monoisotopic (exact) mass is 272 g/mol. The third-order valence-corrected chi connectivity index (χ3v) is 2.80. The van der Waals surface area contributed by atoms with Crippen molar-refractivity contribution >= 4 is 30.9 Å². The van der Waals surface area contributed by atoms with Crippen LogP contribution >= 0.6 is 22.6 Å². The highest BCUT2D eigenvalue weighted by molar-refractivity contribution is 14.1. The summed E-state index contributed by atoms with van der Waals surface area (Å²) in [7, 11) is -1.26. The van der Waals surface area contributed by atoms with E-state index in [0.717, 1.165) is 0 Å². The van der Waals surface area contributed by atoms with Crippen molar-refractivity contribution in [3.8, 4) is 0 Å². The van der Waals surface area contributed by atoms with Gasteiger partial charge in [0, 0.05) is 10.5 Å². The summed E-state index contributed by atoms with van der Waals surface area (Å²) >= 11 is 2.39. The molecule has 1 atom stereocenters. The molecule has 0 aromatic heterocycles. The summed E-state index contributed by atoms with van der Waals surface area (Å²) in [6.45, 7) is 8.86. The number of halogens is 1. The highest BCUT2D eigenvalue weighted by Gasteiger charge is 2.17. The van der Waals surface area contributed by atoms with Crippen molar-refractivity contribution in [2.75, 3.05) is 4.43 Å². The van der Waals surface area contributed by atoms with Gasteiger partial charge in [-0.15, -0.1) is 0 Å². The molecule has 0 aliphatic rings. The molecule has 1 nitrogen and oxygen atoms in total. The van der Waals surface area contributed by atoms with E-state index in [-0.39, 0.29) is 0 Å². The zero-order valence-electron chi connectivity index (χ0n) is 7.28. The van der Waals surface area contributed by atoms with E-state index in [2.05, 4.69) is 49.2 Å². The van der Waals surface area contributed by atoms with Crippen LogP contribution in [-0.2, 0) is 4.43 Å². The van der Waals surface area contributed by atoms with Crippen molar-refractivity contribution in [3.63, 3.8) is 0 Å². The SMILES string of the molecule is CC(CCI)O[Si](C)(C)C. The molecule has 0 rings (SSSR count). The fraction of sp³-hybridized carbons (Fsp3) is 1.00. The van der Waals surface area contributed by atoms with Crippen molar-refractivity contribution in [1.29, 1.82) is 0 Å². The zero-order valence-corrected chi connectivity index (χ0v) is 10.4. The third-order valence-electron chi connectivity index (χ3n) is 1.07. The summed E-state index contributed by atoms with van der Waals surface area (Å²) in [5.41, 5.74) is 0. The van der Waals surface area contributed by atoms with Crippen LogP contribution < -0.4 is 0 Å². The normalized spacial score (nSPS) is 15.3. The van der Waals surface area contributed by atoms with E-state index in [0.29, 0.717) is 6.10 Å². The minimum Gasteiger partial charge on any atom is -0.415 e. The summed E-state index contributed by atoms with van der Waals surface area (Å²) in [5, 5.41) is 0. The first-order chi connectivity index (χ1) is 4.45. The second kappa shape index (κ2) is 4.72. The summed E-state index contributed by atoms with van der Waals surface area (Å²) in [6.07, 6.45) is 1.65. The Bertz CT molecular complexity index is 90.1. The van der Waals surface area contributed by atoms with E-state index in [4.69, 9.17) is 4.43 Å². The Kier molecular flexibility index (Phi) is 5.15. The quantitative estimate of drug-likeness (QED) is 0.434. The predicted octanol–water partition coefficient (Wildman–Crippen LogP) is 3.05. The number of rotatable bonds is 4. The van der Waals surface area contributed by atoms with Gasteiger partial charge in [0.05, 0.1) is 0 Å². The van der Waals surface area contributed by atoms with Crippen LogP contribution in [0.15, 0.2) is 0 Å². The van der Waals surface area contributed by atoms with Gasteiger partial charge in [-0.05, 0) is 33.0 Å². The molecule has 0 aromatic rings. The van der Waals surface area contributed by atoms with Gasteiger partial charge in [-0.1, -0.05) is 22.6 Å². The summed E-state index contributed by atoms with van der Waals surface area (Å²) < 4.78 is 7.01. The molecule has 62 valence electrons. The maximum atomic E-state index is 5.81. The molecule has 0 aromatic carbocycles. The molecule has 0 fully saturated rings. The Labute approximate surface area is 78.8 Å². The van der Waals surface area contributed by atoms with Gasteiger partial charge in [-0.25, -0.2) is 0 Å². The zero-order chi connectivity index (χ0) is 8.20. The van der Waals surface area contributed by atoms with Crippen LogP contribution in [0.4, 0.5) is 0 Å². The molecule has 10 heavy (non-hydrogen) atoms. The maximum absolute atomic E-state index is 5.81. The van der Waals surface area contributed by atoms with E-state index in [9.17, 15) is 0 Å². The minimum atomic E-state index is -1.26. The second-order valence-electron chi connectivity index (χ2n) is 3.52. The molecular weight excluding hydrogens is 255 g/mol. The second-order valence-corrected chi connectivity index (χ2v) is 9.06. The number of alkyl halides is 1. The van der Waals surface area contributed by atoms with Crippen molar-refractivity contribution in [1.82, 2.24) is 0 Å². The van der Waals surface area contributed by atoms with Crippen molar-refractivity contribution < 1.29 is 4.43 Å². The molecule has 0 saturated heterocycles. The van der Waals surface area contributed by atoms with E-state index < -0.39 is 8.32 Å². The molecule has 0 bridgehead atoms. The topological polar surface area (TPSA) is 9.23 Å².